The van der Waals surface area contributed by atoms with E-state index < -0.39 is 5.92 Å². The summed E-state index contributed by atoms with van der Waals surface area (Å²) >= 11 is 0. The summed E-state index contributed by atoms with van der Waals surface area (Å²) in [5.74, 6) is -0.698. The second-order valence-electron chi connectivity index (χ2n) is 8.61. The Morgan fingerprint density at radius 2 is 1.74 bits per heavy atom. The Morgan fingerprint density at radius 3 is 2.35 bits per heavy atom. The third kappa shape index (κ3) is 5.54. The summed E-state index contributed by atoms with van der Waals surface area (Å²) in [6, 6.07) is 10.00. The number of nitrogens with one attached hydrogen (secondary N) is 1. The summed E-state index contributed by atoms with van der Waals surface area (Å²) in [7, 11) is 0. The number of nitrogens with zero attached hydrogens (tertiary/aromatic N) is 2. The zero-order valence-electron chi connectivity index (χ0n) is 19.0. The molecule has 2 aliphatic rings. The van der Waals surface area contributed by atoms with Crippen LogP contribution >= 0.6 is 0 Å². The molecule has 3 amide bonds. The third-order valence-electron chi connectivity index (χ3n) is 6.55. The highest BCUT2D eigenvalue weighted by molar-refractivity contribution is 5.98. The lowest BCUT2D eigenvalue weighted by molar-refractivity contribution is -0.139. The van der Waals surface area contributed by atoms with Crippen molar-refractivity contribution in [3.63, 3.8) is 0 Å². The molecule has 1 heterocycles. The van der Waals surface area contributed by atoms with E-state index in [1.54, 1.807) is 9.80 Å². The van der Waals surface area contributed by atoms with E-state index in [0.717, 1.165) is 31.2 Å². The average molecular weight is 426 g/mol. The number of carbonyl (C=O) groups excluding carboxylic acids is 3. The van der Waals surface area contributed by atoms with Gasteiger partial charge < -0.3 is 15.1 Å². The van der Waals surface area contributed by atoms with Gasteiger partial charge in [-0.1, -0.05) is 43.2 Å². The molecule has 0 radical (unpaired) electrons. The number of allylic oxidation sites excluding steroid dienone is 1. The Bertz CT molecular complexity index is 824. The van der Waals surface area contributed by atoms with Crippen molar-refractivity contribution < 1.29 is 14.4 Å². The minimum absolute atomic E-state index is 0.0331. The molecule has 1 aliphatic heterocycles. The Hall–Kier alpha value is -2.63. The molecule has 1 aromatic rings. The molecule has 31 heavy (non-hydrogen) atoms. The van der Waals surface area contributed by atoms with E-state index >= 15 is 0 Å². The van der Waals surface area contributed by atoms with Crippen LogP contribution in [-0.4, -0.2) is 46.7 Å². The van der Waals surface area contributed by atoms with Crippen LogP contribution in [-0.2, 0) is 20.9 Å². The van der Waals surface area contributed by atoms with Gasteiger partial charge in [-0.05, 0) is 45.6 Å². The molecule has 0 aromatic heterocycles. The van der Waals surface area contributed by atoms with Crippen molar-refractivity contribution in [3.8, 4) is 0 Å². The molecule has 0 spiro atoms. The van der Waals surface area contributed by atoms with Crippen LogP contribution in [0.1, 0.15) is 64.9 Å². The average Bonchev–Trinajstić information content (AvgIpc) is 3.27. The van der Waals surface area contributed by atoms with Gasteiger partial charge in [-0.15, -0.1) is 0 Å². The molecular weight excluding hydrogens is 390 g/mol. The first-order valence-electron chi connectivity index (χ1n) is 11.6. The van der Waals surface area contributed by atoms with Crippen LogP contribution in [0.4, 0.5) is 0 Å². The SMILES string of the molecule is CCN(CC)C(=O)C1=C(C)N(Cc2ccccc2)C(=O)C(CC(=O)NC2CCCC2)C1. The van der Waals surface area contributed by atoms with Gasteiger partial charge in [-0.2, -0.15) is 0 Å². The van der Waals surface area contributed by atoms with E-state index in [9.17, 15) is 14.4 Å². The number of carbonyl (C=O) groups is 3. The fourth-order valence-electron chi connectivity index (χ4n) is 4.68. The Kier molecular flexibility index (Phi) is 7.88. The molecule has 1 aromatic carbocycles. The number of hydrogen-bond donors (Lipinski definition) is 1. The van der Waals surface area contributed by atoms with Gasteiger partial charge in [0.2, 0.25) is 11.8 Å². The quantitative estimate of drug-likeness (QED) is 0.692. The maximum atomic E-state index is 13.4. The lowest BCUT2D eigenvalue weighted by Gasteiger charge is -2.36. The number of amides is 3. The van der Waals surface area contributed by atoms with Crippen LogP contribution in [0.5, 0.6) is 0 Å². The maximum absolute atomic E-state index is 13.4. The molecule has 6 nitrogen and oxygen atoms in total. The van der Waals surface area contributed by atoms with E-state index in [2.05, 4.69) is 5.32 Å². The van der Waals surface area contributed by atoms with Crippen LogP contribution < -0.4 is 5.32 Å². The standard InChI is InChI=1S/C25H35N3O3/c1-4-27(5-2)25(31)22-15-20(16-23(29)26-21-13-9-10-14-21)24(30)28(18(22)3)17-19-11-7-6-8-12-19/h6-8,11-12,20-21H,4-5,9-10,13-17H2,1-3H3,(H,26,29). The van der Waals surface area contributed by atoms with Gasteiger partial charge >= 0.3 is 0 Å². The molecule has 1 unspecified atom stereocenters. The van der Waals surface area contributed by atoms with Gasteiger partial charge in [-0.25, -0.2) is 0 Å². The van der Waals surface area contributed by atoms with Gasteiger partial charge in [0.05, 0.1) is 12.5 Å². The molecular formula is C25H35N3O3. The number of benzene rings is 1. The molecule has 3 rings (SSSR count). The number of hydrogen-bond acceptors (Lipinski definition) is 3. The molecule has 0 saturated heterocycles. The zero-order chi connectivity index (χ0) is 22.4. The van der Waals surface area contributed by atoms with E-state index in [0.29, 0.717) is 37.3 Å². The molecule has 6 heteroatoms. The minimum Gasteiger partial charge on any atom is -0.353 e. The monoisotopic (exact) mass is 425 g/mol. The minimum atomic E-state index is -0.511. The summed E-state index contributed by atoms with van der Waals surface area (Å²) in [6.45, 7) is 7.41. The van der Waals surface area contributed by atoms with Gasteiger partial charge in [0.25, 0.3) is 5.91 Å². The molecule has 1 atom stereocenters. The highest BCUT2D eigenvalue weighted by Gasteiger charge is 2.37. The summed E-state index contributed by atoms with van der Waals surface area (Å²) in [5, 5.41) is 3.09. The van der Waals surface area contributed by atoms with Crippen molar-refractivity contribution in [2.75, 3.05) is 13.1 Å². The Labute approximate surface area is 185 Å². The second-order valence-corrected chi connectivity index (χ2v) is 8.61. The van der Waals surface area contributed by atoms with Crippen LogP contribution in [0, 0.1) is 5.92 Å². The molecule has 0 bridgehead atoms. The van der Waals surface area contributed by atoms with Gasteiger partial charge in [0.1, 0.15) is 0 Å². The van der Waals surface area contributed by atoms with Crippen molar-refractivity contribution in [1.29, 1.82) is 0 Å². The molecule has 1 aliphatic carbocycles. The maximum Gasteiger partial charge on any atom is 0.251 e. The summed E-state index contributed by atoms with van der Waals surface area (Å²) < 4.78 is 0. The highest BCUT2D eigenvalue weighted by Crippen LogP contribution is 2.32. The number of rotatable bonds is 8. The summed E-state index contributed by atoms with van der Waals surface area (Å²) in [6.07, 6.45) is 4.75. The van der Waals surface area contributed by atoms with E-state index in [4.69, 9.17) is 0 Å². The predicted octanol–water partition coefficient (Wildman–Crippen LogP) is 3.63. The summed E-state index contributed by atoms with van der Waals surface area (Å²) in [5.41, 5.74) is 2.36. The van der Waals surface area contributed by atoms with Gasteiger partial charge in [-0.3, -0.25) is 14.4 Å². The fourth-order valence-corrected chi connectivity index (χ4v) is 4.68. The Balaban J connectivity index is 1.84. The van der Waals surface area contributed by atoms with Crippen molar-refractivity contribution in [2.45, 2.75) is 71.9 Å². The van der Waals surface area contributed by atoms with Crippen molar-refractivity contribution in [1.82, 2.24) is 15.1 Å². The first kappa shape index (κ1) is 23.0. The van der Waals surface area contributed by atoms with Gasteiger partial charge in [0.15, 0.2) is 0 Å². The van der Waals surface area contributed by atoms with Gasteiger partial charge in [0, 0.05) is 36.8 Å². The first-order chi connectivity index (χ1) is 14.9. The number of likely N-dealkylation sites (N-methyl/N-ethyl adjacent to an activating group) is 1. The predicted molar refractivity (Wildman–Crippen MR) is 121 cm³/mol. The van der Waals surface area contributed by atoms with Crippen LogP contribution in [0.25, 0.3) is 0 Å². The normalized spacial score (nSPS) is 19.6. The van der Waals surface area contributed by atoms with E-state index in [1.165, 1.54) is 0 Å². The molecule has 168 valence electrons. The Morgan fingerprint density at radius 1 is 1.10 bits per heavy atom. The van der Waals surface area contributed by atoms with Crippen LogP contribution in [0.2, 0.25) is 0 Å². The zero-order valence-corrected chi connectivity index (χ0v) is 19.0. The van der Waals surface area contributed by atoms with Crippen molar-refractivity contribution >= 4 is 17.7 Å². The highest BCUT2D eigenvalue weighted by atomic mass is 16.2. The molecule has 1 fully saturated rings. The largest absolute Gasteiger partial charge is 0.353 e. The molecule has 1 saturated carbocycles. The lowest BCUT2D eigenvalue weighted by Crippen LogP contribution is -2.45. The van der Waals surface area contributed by atoms with Crippen molar-refractivity contribution in [2.24, 2.45) is 5.92 Å². The fraction of sp³-hybridized carbons (Fsp3) is 0.560. The van der Waals surface area contributed by atoms with Crippen LogP contribution in [0.15, 0.2) is 41.6 Å². The van der Waals surface area contributed by atoms with Crippen molar-refractivity contribution in [3.05, 3.63) is 47.2 Å². The summed E-state index contributed by atoms with van der Waals surface area (Å²) in [4.78, 5) is 42.8. The second kappa shape index (κ2) is 10.6. The topological polar surface area (TPSA) is 69.7 Å². The first-order valence-corrected chi connectivity index (χ1v) is 11.6. The smallest absolute Gasteiger partial charge is 0.251 e. The lowest BCUT2D eigenvalue weighted by atomic mass is 9.88. The van der Waals surface area contributed by atoms with E-state index in [1.807, 2.05) is 51.1 Å². The van der Waals surface area contributed by atoms with Crippen LogP contribution in [0.3, 0.4) is 0 Å². The third-order valence-corrected chi connectivity index (χ3v) is 6.55. The molecule has 1 N–H and O–H groups in total. The van der Waals surface area contributed by atoms with E-state index in [-0.39, 0.29) is 30.2 Å².